The van der Waals surface area contributed by atoms with Crippen LogP contribution >= 0.6 is 11.8 Å². The molecule has 1 aliphatic heterocycles. The van der Waals surface area contributed by atoms with E-state index >= 15 is 0 Å². The van der Waals surface area contributed by atoms with Crippen LogP contribution in [-0.2, 0) is 0 Å². The fourth-order valence-electron chi connectivity index (χ4n) is 1.91. The van der Waals surface area contributed by atoms with Gasteiger partial charge in [-0.1, -0.05) is 13.8 Å². The molecule has 0 aromatic rings. The minimum absolute atomic E-state index is 0.232. The quantitative estimate of drug-likeness (QED) is 0.734. The second kappa shape index (κ2) is 7.54. The van der Waals surface area contributed by atoms with Crippen molar-refractivity contribution in [2.45, 2.75) is 32.9 Å². The molecule has 0 amide bonds. The Morgan fingerprint density at radius 2 is 2.19 bits per heavy atom. The van der Waals surface area contributed by atoms with Crippen molar-refractivity contribution in [1.29, 1.82) is 0 Å². The van der Waals surface area contributed by atoms with E-state index in [9.17, 15) is 5.11 Å². The predicted molar refractivity (Wildman–Crippen MR) is 72.1 cm³/mol. The van der Waals surface area contributed by atoms with Gasteiger partial charge in [-0.15, -0.1) is 0 Å². The molecule has 1 fully saturated rings. The lowest BCUT2D eigenvalue weighted by molar-refractivity contribution is 0.0973. The van der Waals surface area contributed by atoms with E-state index in [1.54, 1.807) is 0 Å². The predicted octanol–water partition coefficient (Wildman–Crippen LogP) is 1.03. The molecule has 4 heteroatoms. The number of hydrogen-bond acceptors (Lipinski definition) is 4. The van der Waals surface area contributed by atoms with Gasteiger partial charge >= 0.3 is 0 Å². The molecule has 0 aromatic heterocycles. The van der Waals surface area contributed by atoms with Gasteiger partial charge in [0.05, 0.1) is 6.10 Å². The minimum atomic E-state index is -0.232. The highest BCUT2D eigenvalue weighted by atomic mass is 32.2. The number of nitrogens with zero attached hydrogens (tertiary/aromatic N) is 1. The van der Waals surface area contributed by atoms with Crippen LogP contribution in [0, 0.1) is 5.92 Å². The number of rotatable bonds is 6. The molecular formula is C12H26N2OS. The van der Waals surface area contributed by atoms with E-state index in [4.69, 9.17) is 0 Å². The normalized spacial score (nSPS) is 24.9. The standard InChI is InChI=1S/C12H26N2OS/c1-10(2)6-13-7-12(15)8-14-4-5-16-9-11(14)3/h10-13,15H,4-9H2,1-3H3. The molecule has 0 aromatic carbocycles. The highest BCUT2D eigenvalue weighted by Gasteiger charge is 2.20. The summed E-state index contributed by atoms with van der Waals surface area (Å²) in [7, 11) is 0. The fraction of sp³-hybridized carbons (Fsp3) is 1.00. The Morgan fingerprint density at radius 3 is 2.81 bits per heavy atom. The Balaban J connectivity index is 2.14. The second-order valence-corrected chi connectivity index (χ2v) is 6.27. The van der Waals surface area contributed by atoms with Gasteiger partial charge < -0.3 is 10.4 Å². The smallest absolute Gasteiger partial charge is 0.0791 e. The minimum Gasteiger partial charge on any atom is -0.390 e. The highest BCUT2D eigenvalue weighted by molar-refractivity contribution is 7.99. The Bertz CT molecular complexity index is 190. The van der Waals surface area contributed by atoms with Crippen molar-refractivity contribution < 1.29 is 5.11 Å². The number of thioether (sulfide) groups is 1. The van der Waals surface area contributed by atoms with Crippen molar-refractivity contribution in [2.75, 3.05) is 37.7 Å². The Morgan fingerprint density at radius 1 is 1.44 bits per heavy atom. The fourth-order valence-corrected chi connectivity index (χ4v) is 2.99. The molecule has 2 unspecified atom stereocenters. The molecule has 2 N–H and O–H groups in total. The third kappa shape index (κ3) is 5.53. The lowest BCUT2D eigenvalue weighted by Gasteiger charge is -2.34. The molecule has 1 heterocycles. The van der Waals surface area contributed by atoms with Crippen LogP contribution in [0.15, 0.2) is 0 Å². The summed E-state index contributed by atoms with van der Waals surface area (Å²) in [4.78, 5) is 2.40. The first-order valence-electron chi connectivity index (χ1n) is 6.30. The molecule has 3 nitrogen and oxygen atoms in total. The maximum Gasteiger partial charge on any atom is 0.0791 e. The van der Waals surface area contributed by atoms with Crippen LogP contribution < -0.4 is 5.32 Å². The highest BCUT2D eigenvalue weighted by Crippen LogP contribution is 2.15. The molecular weight excluding hydrogens is 220 g/mol. The van der Waals surface area contributed by atoms with E-state index in [1.807, 2.05) is 11.8 Å². The molecule has 0 bridgehead atoms. The van der Waals surface area contributed by atoms with Crippen molar-refractivity contribution in [3.8, 4) is 0 Å². The van der Waals surface area contributed by atoms with Crippen LogP contribution in [0.1, 0.15) is 20.8 Å². The summed E-state index contributed by atoms with van der Waals surface area (Å²) in [5, 5.41) is 13.2. The molecule has 96 valence electrons. The van der Waals surface area contributed by atoms with Gasteiger partial charge in [-0.2, -0.15) is 11.8 Å². The van der Waals surface area contributed by atoms with Crippen molar-refractivity contribution in [2.24, 2.45) is 5.92 Å². The topological polar surface area (TPSA) is 35.5 Å². The molecule has 1 aliphatic rings. The van der Waals surface area contributed by atoms with E-state index in [2.05, 4.69) is 31.0 Å². The zero-order valence-electron chi connectivity index (χ0n) is 10.8. The largest absolute Gasteiger partial charge is 0.390 e. The number of aliphatic hydroxyl groups is 1. The molecule has 0 aliphatic carbocycles. The molecule has 2 atom stereocenters. The molecule has 0 spiro atoms. The number of hydrogen-bond donors (Lipinski definition) is 2. The monoisotopic (exact) mass is 246 g/mol. The van der Waals surface area contributed by atoms with Gasteiger partial charge in [-0.25, -0.2) is 0 Å². The maximum atomic E-state index is 9.92. The van der Waals surface area contributed by atoms with Crippen LogP contribution in [0.5, 0.6) is 0 Å². The van der Waals surface area contributed by atoms with Crippen molar-refractivity contribution in [1.82, 2.24) is 10.2 Å². The Labute approximate surface area is 104 Å². The SMILES string of the molecule is CC(C)CNCC(O)CN1CCSCC1C. The summed E-state index contributed by atoms with van der Waals surface area (Å²) in [6, 6.07) is 0.610. The van der Waals surface area contributed by atoms with Crippen LogP contribution in [0.3, 0.4) is 0 Å². The van der Waals surface area contributed by atoms with Gasteiger partial charge in [0.1, 0.15) is 0 Å². The third-order valence-electron chi connectivity index (χ3n) is 2.88. The molecule has 1 saturated heterocycles. The number of aliphatic hydroxyl groups excluding tert-OH is 1. The van der Waals surface area contributed by atoms with Crippen LogP contribution in [0.4, 0.5) is 0 Å². The summed E-state index contributed by atoms with van der Waals surface area (Å²) in [6.45, 7) is 10.3. The summed E-state index contributed by atoms with van der Waals surface area (Å²) in [6.07, 6.45) is -0.232. The number of nitrogens with one attached hydrogen (secondary N) is 1. The molecule has 16 heavy (non-hydrogen) atoms. The molecule has 1 rings (SSSR count). The first-order valence-corrected chi connectivity index (χ1v) is 7.45. The Hall–Kier alpha value is 0.230. The van der Waals surface area contributed by atoms with E-state index < -0.39 is 0 Å². The summed E-state index contributed by atoms with van der Waals surface area (Å²) in [5.74, 6) is 3.06. The van der Waals surface area contributed by atoms with Gasteiger partial charge in [0.2, 0.25) is 0 Å². The molecule has 0 saturated carbocycles. The average Bonchev–Trinajstić information content (AvgIpc) is 2.21. The van der Waals surface area contributed by atoms with Crippen LogP contribution in [0.25, 0.3) is 0 Å². The first kappa shape index (κ1) is 14.3. The van der Waals surface area contributed by atoms with E-state index in [-0.39, 0.29) is 6.10 Å². The summed E-state index contributed by atoms with van der Waals surface area (Å²) >= 11 is 2.02. The van der Waals surface area contributed by atoms with Crippen LogP contribution in [0.2, 0.25) is 0 Å². The van der Waals surface area contributed by atoms with Gasteiger partial charge in [-0.05, 0) is 19.4 Å². The van der Waals surface area contributed by atoms with E-state index in [0.29, 0.717) is 18.5 Å². The van der Waals surface area contributed by atoms with Gasteiger partial charge in [0.15, 0.2) is 0 Å². The molecule has 0 radical (unpaired) electrons. The third-order valence-corrected chi connectivity index (χ3v) is 4.07. The zero-order valence-corrected chi connectivity index (χ0v) is 11.6. The van der Waals surface area contributed by atoms with Gasteiger partial charge in [-0.3, -0.25) is 4.90 Å². The van der Waals surface area contributed by atoms with Crippen LogP contribution in [-0.4, -0.2) is 59.8 Å². The van der Waals surface area contributed by atoms with Gasteiger partial charge in [0, 0.05) is 37.2 Å². The summed E-state index contributed by atoms with van der Waals surface area (Å²) < 4.78 is 0. The van der Waals surface area contributed by atoms with E-state index in [1.165, 1.54) is 11.5 Å². The summed E-state index contributed by atoms with van der Waals surface area (Å²) in [5.41, 5.74) is 0. The van der Waals surface area contributed by atoms with Crippen molar-refractivity contribution in [3.05, 3.63) is 0 Å². The van der Waals surface area contributed by atoms with Crippen molar-refractivity contribution >= 4 is 11.8 Å². The second-order valence-electron chi connectivity index (χ2n) is 5.12. The average molecular weight is 246 g/mol. The maximum absolute atomic E-state index is 9.92. The van der Waals surface area contributed by atoms with Gasteiger partial charge in [0.25, 0.3) is 0 Å². The van der Waals surface area contributed by atoms with E-state index in [0.717, 1.165) is 19.6 Å². The first-order chi connectivity index (χ1) is 7.59. The zero-order chi connectivity index (χ0) is 12.0. The lowest BCUT2D eigenvalue weighted by Crippen LogP contribution is -2.46. The van der Waals surface area contributed by atoms with Crippen molar-refractivity contribution in [3.63, 3.8) is 0 Å². The Kier molecular flexibility index (Phi) is 6.73. The number of β-amino-alcohol motifs (C(OH)–C–C–N with tert-alkyl or cyclic N) is 1. The lowest BCUT2D eigenvalue weighted by atomic mass is 10.2.